The number of likely N-dealkylation sites (tertiary alicyclic amines) is 1. The van der Waals surface area contributed by atoms with Gasteiger partial charge in [0.1, 0.15) is 11.4 Å². The quantitative estimate of drug-likeness (QED) is 0.461. The Morgan fingerprint density at radius 3 is 2.35 bits per heavy atom. The van der Waals surface area contributed by atoms with E-state index < -0.39 is 0 Å². The van der Waals surface area contributed by atoms with Gasteiger partial charge >= 0.3 is 0 Å². The van der Waals surface area contributed by atoms with Gasteiger partial charge in [0.05, 0.1) is 18.4 Å². The third-order valence-electron chi connectivity index (χ3n) is 8.02. The van der Waals surface area contributed by atoms with E-state index in [0.29, 0.717) is 17.9 Å². The van der Waals surface area contributed by atoms with Gasteiger partial charge < -0.3 is 15.5 Å². The molecule has 1 saturated heterocycles. The molecule has 31 heavy (non-hydrogen) atoms. The number of hydrogen-bond donors (Lipinski definition) is 2. The topological polar surface area (TPSA) is 100 Å². The Morgan fingerprint density at radius 2 is 1.74 bits per heavy atom. The van der Waals surface area contributed by atoms with Crippen molar-refractivity contribution in [1.82, 2.24) is 25.8 Å². The van der Waals surface area contributed by atoms with Crippen molar-refractivity contribution in [3.8, 4) is 0 Å². The second kappa shape index (κ2) is 8.37. The third kappa shape index (κ3) is 3.79. The molecule has 2 N–H and O–H groups in total. The molecule has 1 spiro atoms. The van der Waals surface area contributed by atoms with Crippen LogP contribution in [0.15, 0.2) is 16.8 Å². The molecule has 0 radical (unpaired) electrons. The maximum absolute atomic E-state index is 13.2. The molecule has 0 aromatic carbocycles. The van der Waals surface area contributed by atoms with Crippen LogP contribution in [-0.2, 0) is 16.1 Å². The lowest BCUT2D eigenvalue weighted by Gasteiger charge is -2.26. The van der Waals surface area contributed by atoms with E-state index >= 15 is 0 Å². The molecular formula is C23H33N5O3. The van der Waals surface area contributed by atoms with Crippen LogP contribution in [0.5, 0.6) is 0 Å². The minimum atomic E-state index is -0.303. The molecule has 2 heterocycles. The maximum atomic E-state index is 13.2. The molecule has 2 bridgehead atoms. The lowest BCUT2D eigenvalue weighted by Crippen LogP contribution is -2.44. The summed E-state index contributed by atoms with van der Waals surface area (Å²) in [7, 11) is 0. The van der Waals surface area contributed by atoms with Crippen LogP contribution in [0.1, 0.15) is 49.9 Å². The van der Waals surface area contributed by atoms with Gasteiger partial charge in [-0.2, -0.15) is 0 Å². The number of aryl methyl sites for hydroxylation is 1. The predicted molar refractivity (Wildman–Crippen MR) is 114 cm³/mol. The van der Waals surface area contributed by atoms with Gasteiger partial charge in [-0.25, -0.2) is 4.63 Å². The van der Waals surface area contributed by atoms with Crippen molar-refractivity contribution in [3.05, 3.63) is 23.5 Å². The van der Waals surface area contributed by atoms with Crippen LogP contribution in [0.25, 0.3) is 0 Å². The Labute approximate surface area is 183 Å². The Hall–Kier alpha value is -2.22. The highest BCUT2D eigenvalue weighted by molar-refractivity contribution is 5.90. The molecule has 1 aliphatic heterocycles. The summed E-state index contributed by atoms with van der Waals surface area (Å²) in [5, 5.41) is 13.8. The SMILES string of the molecule is Cc1nonc1CNC(=O)[C@H]1[C@H](C(=O)NCCCCN2CCCC2)[C@H]2C=C[C@@H]1C21CC1. The van der Waals surface area contributed by atoms with E-state index in [9.17, 15) is 9.59 Å². The van der Waals surface area contributed by atoms with Crippen molar-refractivity contribution in [2.45, 2.75) is 52.0 Å². The smallest absolute Gasteiger partial charge is 0.224 e. The second-order valence-electron chi connectivity index (χ2n) is 9.78. The van der Waals surface area contributed by atoms with Crippen LogP contribution in [0.3, 0.4) is 0 Å². The Balaban J connectivity index is 1.18. The lowest BCUT2D eigenvalue weighted by atomic mass is 9.81. The van der Waals surface area contributed by atoms with Gasteiger partial charge in [0, 0.05) is 6.54 Å². The Kier molecular flexibility index (Phi) is 5.58. The summed E-state index contributed by atoms with van der Waals surface area (Å²) in [6.45, 7) is 6.33. The number of aromatic nitrogens is 2. The monoisotopic (exact) mass is 427 g/mol. The van der Waals surface area contributed by atoms with E-state index in [2.05, 4.69) is 38.0 Å². The van der Waals surface area contributed by atoms with Crippen molar-refractivity contribution >= 4 is 11.8 Å². The molecule has 8 nitrogen and oxygen atoms in total. The van der Waals surface area contributed by atoms with E-state index in [1.165, 1.54) is 25.9 Å². The number of rotatable bonds is 9. The van der Waals surface area contributed by atoms with Crippen LogP contribution in [0, 0.1) is 36.0 Å². The zero-order chi connectivity index (χ0) is 21.4. The largest absolute Gasteiger partial charge is 0.356 e. The number of nitrogens with one attached hydrogen (secondary N) is 2. The summed E-state index contributed by atoms with van der Waals surface area (Å²) in [5.74, 6) is -0.230. The molecule has 8 heteroatoms. The molecule has 2 amide bonds. The lowest BCUT2D eigenvalue weighted by molar-refractivity contribution is -0.135. The molecule has 4 atom stereocenters. The number of unbranched alkanes of at least 4 members (excludes halogenated alkanes) is 1. The summed E-state index contributed by atoms with van der Waals surface area (Å²) in [6.07, 6.45) is 11.3. The van der Waals surface area contributed by atoms with Crippen LogP contribution >= 0.6 is 0 Å². The van der Waals surface area contributed by atoms with Gasteiger partial charge in [-0.15, -0.1) is 0 Å². The highest BCUT2D eigenvalue weighted by Gasteiger charge is 2.69. The Bertz CT molecular complexity index is 855. The van der Waals surface area contributed by atoms with Crippen LogP contribution in [0.4, 0.5) is 0 Å². The normalized spacial score (nSPS) is 30.2. The molecule has 1 aromatic rings. The minimum Gasteiger partial charge on any atom is -0.356 e. The molecule has 2 saturated carbocycles. The predicted octanol–water partition coefficient (Wildman–Crippen LogP) is 1.81. The molecule has 3 fully saturated rings. The van der Waals surface area contributed by atoms with Crippen molar-refractivity contribution in [2.75, 3.05) is 26.2 Å². The summed E-state index contributed by atoms with van der Waals surface area (Å²) in [5.41, 5.74) is 1.45. The first-order chi connectivity index (χ1) is 15.1. The first-order valence-corrected chi connectivity index (χ1v) is 11.8. The van der Waals surface area contributed by atoms with E-state index in [-0.39, 0.29) is 47.4 Å². The number of nitrogens with zero attached hydrogens (tertiary/aromatic N) is 3. The van der Waals surface area contributed by atoms with Crippen molar-refractivity contribution in [2.24, 2.45) is 29.1 Å². The van der Waals surface area contributed by atoms with E-state index in [1.807, 2.05) is 0 Å². The van der Waals surface area contributed by atoms with Crippen LogP contribution in [0.2, 0.25) is 0 Å². The molecule has 5 rings (SSSR count). The summed E-state index contributed by atoms with van der Waals surface area (Å²) >= 11 is 0. The molecule has 4 aliphatic rings. The fraction of sp³-hybridized carbons (Fsp3) is 0.739. The standard InChI is InChI=1S/C23H33N5O3/c1-15-18(27-31-26-15)14-25-22(30)20-17-7-6-16(23(17)8-9-23)19(20)21(29)24-10-2-3-11-28-12-4-5-13-28/h6-7,16-17,19-20H,2-5,8-14H2,1H3,(H,24,29)(H,25,30)/t16-,17+,19-,20-/m1/s1. The average molecular weight is 428 g/mol. The summed E-state index contributed by atoms with van der Waals surface area (Å²) < 4.78 is 4.72. The van der Waals surface area contributed by atoms with Gasteiger partial charge in [-0.3, -0.25) is 9.59 Å². The molecule has 168 valence electrons. The highest BCUT2D eigenvalue weighted by atomic mass is 16.6. The van der Waals surface area contributed by atoms with Gasteiger partial charge in [0.15, 0.2) is 0 Å². The number of amides is 2. The molecular weight excluding hydrogens is 394 g/mol. The van der Waals surface area contributed by atoms with E-state index in [0.717, 1.165) is 32.2 Å². The van der Waals surface area contributed by atoms with Crippen molar-refractivity contribution < 1.29 is 14.2 Å². The number of allylic oxidation sites excluding steroid dienone is 2. The van der Waals surface area contributed by atoms with Crippen molar-refractivity contribution in [1.29, 1.82) is 0 Å². The van der Waals surface area contributed by atoms with Gasteiger partial charge in [-0.05, 0) is 82.3 Å². The summed E-state index contributed by atoms with van der Waals surface area (Å²) in [6, 6.07) is 0. The summed E-state index contributed by atoms with van der Waals surface area (Å²) in [4.78, 5) is 28.9. The van der Waals surface area contributed by atoms with Gasteiger partial charge in [0.25, 0.3) is 0 Å². The van der Waals surface area contributed by atoms with E-state index in [1.54, 1.807) is 6.92 Å². The third-order valence-corrected chi connectivity index (χ3v) is 8.02. The molecule has 1 aromatic heterocycles. The van der Waals surface area contributed by atoms with Crippen LogP contribution in [-0.4, -0.2) is 53.2 Å². The second-order valence-corrected chi connectivity index (χ2v) is 9.78. The minimum absolute atomic E-state index is 0.0451. The fourth-order valence-corrected chi connectivity index (χ4v) is 6.20. The van der Waals surface area contributed by atoms with Crippen molar-refractivity contribution in [3.63, 3.8) is 0 Å². The van der Waals surface area contributed by atoms with Crippen LogP contribution < -0.4 is 10.6 Å². The Morgan fingerprint density at radius 1 is 1.06 bits per heavy atom. The molecule has 3 aliphatic carbocycles. The van der Waals surface area contributed by atoms with Gasteiger partial charge in [-0.1, -0.05) is 22.5 Å². The first kappa shape index (κ1) is 20.7. The zero-order valence-electron chi connectivity index (χ0n) is 18.3. The highest BCUT2D eigenvalue weighted by Crippen LogP contribution is 2.72. The van der Waals surface area contributed by atoms with Gasteiger partial charge in [0.2, 0.25) is 11.8 Å². The van der Waals surface area contributed by atoms with E-state index in [4.69, 9.17) is 4.63 Å². The molecule has 0 unspecified atom stereocenters. The number of hydrogen-bond acceptors (Lipinski definition) is 6. The number of carbonyl (C=O) groups excluding carboxylic acids is 2. The maximum Gasteiger partial charge on any atom is 0.224 e. The average Bonchev–Trinajstić information content (AvgIpc) is 3.06. The first-order valence-electron chi connectivity index (χ1n) is 11.8. The fourth-order valence-electron chi connectivity index (χ4n) is 6.20. The number of carbonyl (C=O) groups is 2. The zero-order valence-corrected chi connectivity index (χ0v) is 18.3.